The van der Waals surface area contributed by atoms with E-state index in [0.29, 0.717) is 0 Å². The molecule has 2 heterocycles. The van der Waals surface area contributed by atoms with E-state index in [1.54, 1.807) is 0 Å². The number of aromatic nitrogens is 1. The lowest BCUT2D eigenvalue weighted by Crippen LogP contribution is -2.36. The second-order valence-corrected chi connectivity index (χ2v) is 5.78. The number of aryl methyl sites for hydroxylation is 1. The highest BCUT2D eigenvalue weighted by molar-refractivity contribution is 7.11. The van der Waals surface area contributed by atoms with E-state index in [9.17, 15) is 0 Å². The summed E-state index contributed by atoms with van der Waals surface area (Å²) in [5.74, 6) is 0. The molecule has 1 fully saturated rings. The molecular formula is C12H21N3S. The van der Waals surface area contributed by atoms with Crippen molar-refractivity contribution in [3.05, 3.63) is 16.1 Å². The topological polar surface area (TPSA) is 28.2 Å². The van der Waals surface area contributed by atoms with Crippen LogP contribution < -0.4 is 5.32 Å². The molecule has 16 heavy (non-hydrogen) atoms. The molecule has 1 aliphatic heterocycles. The first-order valence-electron chi connectivity index (χ1n) is 6.15. The van der Waals surface area contributed by atoms with Crippen molar-refractivity contribution in [1.82, 2.24) is 15.2 Å². The fourth-order valence-corrected chi connectivity index (χ4v) is 3.13. The summed E-state index contributed by atoms with van der Waals surface area (Å²) in [7, 11) is 0. The third-order valence-corrected chi connectivity index (χ3v) is 3.99. The molecular weight excluding hydrogens is 218 g/mol. The lowest BCUT2D eigenvalue weighted by molar-refractivity contribution is 0.201. The third-order valence-electron chi connectivity index (χ3n) is 3.09. The summed E-state index contributed by atoms with van der Waals surface area (Å²) in [6.45, 7) is 8.93. The average molecular weight is 239 g/mol. The van der Waals surface area contributed by atoms with Crippen molar-refractivity contribution in [3.63, 3.8) is 0 Å². The monoisotopic (exact) mass is 239 g/mol. The Morgan fingerprint density at radius 3 is 3.06 bits per heavy atom. The number of thiazole rings is 1. The Morgan fingerprint density at radius 1 is 1.62 bits per heavy atom. The van der Waals surface area contributed by atoms with Gasteiger partial charge in [-0.25, -0.2) is 4.98 Å². The number of nitrogens with zero attached hydrogens (tertiary/aromatic N) is 2. The molecule has 1 unspecified atom stereocenters. The standard InChI is InChI=1S/C12H21N3S/c1-3-6-15(11-4-5-13-7-11)9-12-8-14-10(2)16-12/h8,11,13H,3-7,9H2,1-2H3. The van der Waals surface area contributed by atoms with E-state index in [1.165, 1.54) is 35.8 Å². The minimum Gasteiger partial charge on any atom is -0.315 e. The molecule has 3 nitrogen and oxygen atoms in total. The van der Waals surface area contributed by atoms with Crippen molar-refractivity contribution in [1.29, 1.82) is 0 Å². The fourth-order valence-electron chi connectivity index (χ4n) is 2.31. The second-order valence-electron chi connectivity index (χ2n) is 4.46. The Hall–Kier alpha value is -0.450. The molecule has 0 spiro atoms. The molecule has 0 bridgehead atoms. The molecule has 0 amide bonds. The zero-order chi connectivity index (χ0) is 11.4. The predicted octanol–water partition coefficient (Wildman–Crippen LogP) is 2.03. The largest absolute Gasteiger partial charge is 0.315 e. The van der Waals surface area contributed by atoms with Crippen LogP contribution in [0, 0.1) is 6.92 Å². The SMILES string of the molecule is CCCN(Cc1cnc(C)s1)C1CCNC1. The van der Waals surface area contributed by atoms with Crippen LogP contribution >= 0.6 is 11.3 Å². The molecule has 1 aromatic rings. The van der Waals surface area contributed by atoms with Crippen LogP contribution in [0.4, 0.5) is 0 Å². The first-order valence-corrected chi connectivity index (χ1v) is 6.97. The van der Waals surface area contributed by atoms with E-state index < -0.39 is 0 Å². The van der Waals surface area contributed by atoms with Gasteiger partial charge in [0.2, 0.25) is 0 Å². The van der Waals surface area contributed by atoms with Crippen LogP contribution in [0.3, 0.4) is 0 Å². The zero-order valence-electron chi connectivity index (χ0n) is 10.2. The van der Waals surface area contributed by atoms with Crippen molar-refractivity contribution in [2.45, 2.75) is 39.3 Å². The summed E-state index contributed by atoms with van der Waals surface area (Å²) in [6, 6.07) is 0.724. The third kappa shape index (κ3) is 3.03. The van der Waals surface area contributed by atoms with Crippen molar-refractivity contribution in [2.75, 3.05) is 19.6 Å². The highest BCUT2D eigenvalue weighted by atomic mass is 32.1. The first kappa shape index (κ1) is 12.0. The van der Waals surface area contributed by atoms with Gasteiger partial charge in [0.05, 0.1) is 5.01 Å². The molecule has 0 aromatic carbocycles. The van der Waals surface area contributed by atoms with Crippen LogP contribution in [0.5, 0.6) is 0 Å². The molecule has 0 radical (unpaired) electrons. The molecule has 2 rings (SSSR count). The quantitative estimate of drug-likeness (QED) is 0.852. The Morgan fingerprint density at radius 2 is 2.50 bits per heavy atom. The van der Waals surface area contributed by atoms with E-state index in [2.05, 4.69) is 29.0 Å². The summed E-state index contributed by atoms with van der Waals surface area (Å²) in [4.78, 5) is 8.34. The van der Waals surface area contributed by atoms with Crippen LogP contribution in [-0.2, 0) is 6.54 Å². The normalized spacial score (nSPS) is 20.8. The van der Waals surface area contributed by atoms with Gasteiger partial charge in [0.25, 0.3) is 0 Å². The van der Waals surface area contributed by atoms with Gasteiger partial charge in [0.15, 0.2) is 0 Å². The maximum atomic E-state index is 4.33. The Labute approximate surface area is 102 Å². The van der Waals surface area contributed by atoms with E-state index in [4.69, 9.17) is 0 Å². The molecule has 1 N–H and O–H groups in total. The molecule has 1 aliphatic rings. The summed E-state index contributed by atoms with van der Waals surface area (Å²) in [5.41, 5.74) is 0. The second kappa shape index (κ2) is 5.75. The summed E-state index contributed by atoms with van der Waals surface area (Å²) in [6.07, 6.45) is 4.55. The van der Waals surface area contributed by atoms with Crippen LogP contribution in [0.1, 0.15) is 29.7 Å². The van der Waals surface area contributed by atoms with Gasteiger partial charge in [-0.1, -0.05) is 6.92 Å². The maximum Gasteiger partial charge on any atom is 0.0897 e. The summed E-state index contributed by atoms with van der Waals surface area (Å²) < 4.78 is 0. The smallest absolute Gasteiger partial charge is 0.0897 e. The minimum absolute atomic E-state index is 0.724. The van der Waals surface area contributed by atoms with Gasteiger partial charge in [0.1, 0.15) is 0 Å². The van der Waals surface area contributed by atoms with Gasteiger partial charge in [-0.2, -0.15) is 0 Å². The van der Waals surface area contributed by atoms with Gasteiger partial charge in [-0.3, -0.25) is 4.90 Å². The highest BCUT2D eigenvalue weighted by Crippen LogP contribution is 2.18. The van der Waals surface area contributed by atoms with Crippen molar-refractivity contribution in [3.8, 4) is 0 Å². The predicted molar refractivity (Wildman–Crippen MR) is 68.8 cm³/mol. The van der Waals surface area contributed by atoms with Crippen LogP contribution in [0.25, 0.3) is 0 Å². The van der Waals surface area contributed by atoms with Gasteiger partial charge < -0.3 is 5.32 Å². The zero-order valence-corrected chi connectivity index (χ0v) is 11.0. The Bertz CT molecular complexity index is 318. The van der Waals surface area contributed by atoms with Gasteiger partial charge in [-0.05, 0) is 32.9 Å². The maximum absolute atomic E-state index is 4.33. The average Bonchev–Trinajstić information content (AvgIpc) is 2.88. The first-order chi connectivity index (χ1) is 7.79. The molecule has 1 atom stereocenters. The van der Waals surface area contributed by atoms with E-state index in [-0.39, 0.29) is 0 Å². The summed E-state index contributed by atoms with van der Waals surface area (Å²) in [5, 5.41) is 4.63. The molecule has 0 aliphatic carbocycles. The number of hydrogen-bond donors (Lipinski definition) is 1. The van der Waals surface area contributed by atoms with E-state index >= 15 is 0 Å². The fraction of sp³-hybridized carbons (Fsp3) is 0.750. The van der Waals surface area contributed by atoms with E-state index in [0.717, 1.165) is 19.1 Å². The van der Waals surface area contributed by atoms with Gasteiger partial charge in [0, 0.05) is 30.2 Å². The number of nitrogens with one attached hydrogen (secondary N) is 1. The molecule has 0 saturated carbocycles. The van der Waals surface area contributed by atoms with Crippen LogP contribution in [0.2, 0.25) is 0 Å². The Kier molecular flexibility index (Phi) is 4.32. The van der Waals surface area contributed by atoms with Crippen molar-refractivity contribution in [2.24, 2.45) is 0 Å². The molecule has 4 heteroatoms. The van der Waals surface area contributed by atoms with Crippen molar-refractivity contribution < 1.29 is 0 Å². The molecule has 1 saturated heterocycles. The van der Waals surface area contributed by atoms with Crippen LogP contribution in [0.15, 0.2) is 6.20 Å². The lowest BCUT2D eigenvalue weighted by atomic mass is 10.2. The lowest BCUT2D eigenvalue weighted by Gasteiger charge is -2.27. The van der Waals surface area contributed by atoms with Gasteiger partial charge >= 0.3 is 0 Å². The van der Waals surface area contributed by atoms with Crippen LogP contribution in [-0.4, -0.2) is 35.6 Å². The van der Waals surface area contributed by atoms with Crippen molar-refractivity contribution >= 4 is 11.3 Å². The Balaban J connectivity index is 1.96. The summed E-state index contributed by atoms with van der Waals surface area (Å²) >= 11 is 1.83. The van der Waals surface area contributed by atoms with E-state index in [1.807, 2.05) is 17.5 Å². The molecule has 90 valence electrons. The number of hydrogen-bond acceptors (Lipinski definition) is 4. The minimum atomic E-state index is 0.724. The molecule has 1 aromatic heterocycles. The highest BCUT2D eigenvalue weighted by Gasteiger charge is 2.22. The van der Waals surface area contributed by atoms with Gasteiger partial charge in [-0.15, -0.1) is 11.3 Å². The number of rotatable bonds is 5.